The Balaban J connectivity index is 2.29. The quantitative estimate of drug-likeness (QED) is 0.734. The minimum Gasteiger partial charge on any atom is -0.481 e. The van der Waals surface area contributed by atoms with Crippen molar-refractivity contribution < 1.29 is 14.7 Å². The van der Waals surface area contributed by atoms with Crippen molar-refractivity contribution in [2.75, 3.05) is 6.54 Å². The molecule has 0 aromatic heterocycles. The van der Waals surface area contributed by atoms with E-state index in [0.29, 0.717) is 5.92 Å². The first-order chi connectivity index (χ1) is 8.63. The smallest absolute Gasteiger partial charge is 0.305 e. The van der Waals surface area contributed by atoms with Gasteiger partial charge in [-0.15, -0.1) is 0 Å². The second kappa shape index (κ2) is 8.11. The summed E-state index contributed by atoms with van der Waals surface area (Å²) in [7, 11) is 0. The maximum absolute atomic E-state index is 11.9. The molecule has 4 nitrogen and oxygen atoms in total. The lowest BCUT2D eigenvalue weighted by Gasteiger charge is -2.25. The van der Waals surface area contributed by atoms with E-state index in [0.717, 1.165) is 12.8 Å². The summed E-state index contributed by atoms with van der Waals surface area (Å²) < 4.78 is 0. The third-order valence-corrected chi connectivity index (χ3v) is 3.84. The lowest BCUT2D eigenvalue weighted by molar-refractivity contribution is -0.137. The van der Waals surface area contributed by atoms with Gasteiger partial charge in [-0.1, -0.05) is 39.0 Å². The van der Waals surface area contributed by atoms with E-state index >= 15 is 0 Å². The third-order valence-electron chi connectivity index (χ3n) is 3.84. The molecule has 0 aromatic carbocycles. The second-order valence-corrected chi connectivity index (χ2v) is 5.28. The highest BCUT2D eigenvalue weighted by Gasteiger charge is 2.22. The number of carboxylic acid groups (broad SMARTS) is 1. The summed E-state index contributed by atoms with van der Waals surface area (Å²) in [4.78, 5) is 22.3. The van der Waals surface area contributed by atoms with E-state index in [1.165, 1.54) is 32.1 Å². The fourth-order valence-corrected chi connectivity index (χ4v) is 2.72. The third kappa shape index (κ3) is 5.52. The van der Waals surface area contributed by atoms with Gasteiger partial charge < -0.3 is 10.4 Å². The zero-order valence-electron chi connectivity index (χ0n) is 11.3. The molecular formula is C14H25NO3. The Kier molecular flexibility index (Phi) is 6.76. The van der Waals surface area contributed by atoms with Crippen LogP contribution < -0.4 is 5.32 Å². The summed E-state index contributed by atoms with van der Waals surface area (Å²) >= 11 is 0. The number of aliphatic carboxylic acids is 1. The first kappa shape index (κ1) is 15.0. The monoisotopic (exact) mass is 255 g/mol. The molecule has 1 unspecified atom stereocenters. The molecule has 0 aliphatic heterocycles. The van der Waals surface area contributed by atoms with Crippen LogP contribution in [0.15, 0.2) is 0 Å². The molecule has 1 rings (SSSR count). The number of amides is 1. The van der Waals surface area contributed by atoms with Crippen molar-refractivity contribution in [1.29, 1.82) is 0 Å². The maximum atomic E-state index is 11.9. The summed E-state index contributed by atoms with van der Waals surface area (Å²) in [5.41, 5.74) is 0. The van der Waals surface area contributed by atoms with Gasteiger partial charge in [0.15, 0.2) is 0 Å². The number of nitrogens with one attached hydrogen (secondary N) is 1. The van der Waals surface area contributed by atoms with Crippen molar-refractivity contribution in [2.45, 2.75) is 58.3 Å². The minimum atomic E-state index is -0.865. The number of carbonyl (C=O) groups excluding carboxylic acids is 1. The predicted octanol–water partition coefficient (Wildman–Crippen LogP) is 2.57. The Morgan fingerprint density at radius 3 is 2.50 bits per heavy atom. The summed E-state index contributed by atoms with van der Waals surface area (Å²) in [6.07, 6.45) is 8.23. The Morgan fingerprint density at radius 1 is 1.28 bits per heavy atom. The number of hydrogen-bond donors (Lipinski definition) is 2. The van der Waals surface area contributed by atoms with E-state index in [-0.39, 0.29) is 24.8 Å². The molecule has 18 heavy (non-hydrogen) atoms. The molecule has 1 amide bonds. The van der Waals surface area contributed by atoms with Crippen LogP contribution in [0.1, 0.15) is 58.3 Å². The zero-order valence-corrected chi connectivity index (χ0v) is 11.3. The molecule has 1 atom stereocenters. The van der Waals surface area contributed by atoms with E-state index in [1.54, 1.807) is 0 Å². The number of carbonyl (C=O) groups is 2. The molecule has 0 spiro atoms. The highest BCUT2D eigenvalue weighted by molar-refractivity contribution is 5.79. The lowest BCUT2D eigenvalue weighted by Crippen LogP contribution is -2.33. The molecular weight excluding hydrogens is 230 g/mol. The normalized spacial score (nSPS) is 18.3. The lowest BCUT2D eigenvalue weighted by atomic mass is 9.82. The van der Waals surface area contributed by atoms with Crippen LogP contribution in [0.4, 0.5) is 0 Å². The number of rotatable bonds is 7. The van der Waals surface area contributed by atoms with Crippen molar-refractivity contribution in [2.24, 2.45) is 11.8 Å². The topological polar surface area (TPSA) is 66.4 Å². The Bertz CT molecular complexity index is 272. The summed E-state index contributed by atoms with van der Waals surface area (Å²) in [5.74, 6) is -0.0872. The molecule has 0 heterocycles. The van der Waals surface area contributed by atoms with Crippen LogP contribution in [-0.4, -0.2) is 23.5 Å². The van der Waals surface area contributed by atoms with Crippen molar-refractivity contribution in [1.82, 2.24) is 5.32 Å². The molecule has 4 heteroatoms. The van der Waals surface area contributed by atoms with Gasteiger partial charge in [-0.2, -0.15) is 0 Å². The van der Waals surface area contributed by atoms with Gasteiger partial charge in [-0.3, -0.25) is 9.59 Å². The van der Waals surface area contributed by atoms with E-state index in [9.17, 15) is 9.59 Å². The van der Waals surface area contributed by atoms with Gasteiger partial charge in [0.25, 0.3) is 0 Å². The number of carboxylic acids is 1. The van der Waals surface area contributed by atoms with Crippen molar-refractivity contribution in [3.8, 4) is 0 Å². The Hall–Kier alpha value is -1.06. The molecule has 1 saturated carbocycles. The molecule has 1 fully saturated rings. The molecule has 1 aliphatic carbocycles. The highest BCUT2D eigenvalue weighted by atomic mass is 16.4. The Labute approximate surface area is 109 Å². The summed E-state index contributed by atoms with van der Waals surface area (Å²) in [6.45, 7) is 2.28. The van der Waals surface area contributed by atoms with Gasteiger partial charge in [-0.25, -0.2) is 0 Å². The standard InChI is InChI=1S/C14H25NO3/c1-2-12(10-11-6-4-3-5-7-11)14(18)15-9-8-13(16)17/h11-12H,2-10H2,1H3,(H,15,18)(H,16,17). The van der Waals surface area contributed by atoms with Crippen LogP contribution in [-0.2, 0) is 9.59 Å². The van der Waals surface area contributed by atoms with Gasteiger partial charge >= 0.3 is 5.97 Å². The van der Waals surface area contributed by atoms with E-state index < -0.39 is 5.97 Å². The van der Waals surface area contributed by atoms with Crippen LogP contribution in [0, 0.1) is 11.8 Å². The number of hydrogen-bond acceptors (Lipinski definition) is 2. The second-order valence-electron chi connectivity index (χ2n) is 5.28. The zero-order chi connectivity index (χ0) is 13.4. The van der Waals surface area contributed by atoms with Crippen LogP contribution in [0.2, 0.25) is 0 Å². The van der Waals surface area contributed by atoms with E-state index in [1.807, 2.05) is 6.92 Å². The van der Waals surface area contributed by atoms with Crippen LogP contribution in [0.3, 0.4) is 0 Å². The van der Waals surface area contributed by atoms with E-state index in [2.05, 4.69) is 5.32 Å². The summed E-state index contributed by atoms with van der Waals surface area (Å²) in [6, 6.07) is 0. The fourth-order valence-electron chi connectivity index (χ4n) is 2.72. The van der Waals surface area contributed by atoms with Gasteiger partial charge in [0.05, 0.1) is 6.42 Å². The van der Waals surface area contributed by atoms with Gasteiger partial charge in [0.2, 0.25) is 5.91 Å². The molecule has 2 N–H and O–H groups in total. The molecule has 104 valence electrons. The SMILES string of the molecule is CCC(CC1CCCCC1)C(=O)NCCC(=O)O. The molecule has 0 aromatic rings. The van der Waals surface area contributed by atoms with Gasteiger partial charge in [-0.05, 0) is 18.8 Å². The average molecular weight is 255 g/mol. The Morgan fingerprint density at radius 2 is 1.94 bits per heavy atom. The molecule has 0 saturated heterocycles. The fraction of sp³-hybridized carbons (Fsp3) is 0.857. The first-order valence-corrected chi connectivity index (χ1v) is 7.13. The van der Waals surface area contributed by atoms with Crippen LogP contribution in [0.5, 0.6) is 0 Å². The maximum Gasteiger partial charge on any atom is 0.305 e. The van der Waals surface area contributed by atoms with Crippen molar-refractivity contribution in [3.05, 3.63) is 0 Å². The van der Waals surface area contributed by atoms with Crippen molar-refractivity contribution >= 4 is 11.9 Å². The largest absolute Gasteiger partial charge is 0.481 e. The minimum absolute atomic E-state index is 0.00556. The molecule has 1 aliphatic rings. The summed E-state index contributed by atoms with van der Waals surface area (Å²) in [5, 5.41) is 11.3. The van der Waals surface area contributed by atoms with Gasteiger partial charge in [0.1, 0.15) is 0 Å². The molecule has 0 radical (unpaired) electrons. The molecule has 0 bridgehead atoms. The highest BCUT2D eigenvalue weighted by Crippen LogP contribution is 2.30. The van der Waals surface area contributed by atoms with Gasteiger partial charge in [0, 0.05) is 12.5 Å². The predicted molar refractivity (Wildman–Crippen MR) is 70.2 cm³/mol. The average Bonchev–Trinajstić information content (AvgIpc) is 2.36. The van der Waals surface area contributed by atoms with E-state index in [4.69, 9.17) is 5.11 Å². The van der Waals surface area contributed by atoms with Crippen molar-refractivity contribution in [3.63, 3.8) is 0 Å². The van der Waals surface area contributed by atoms with Crippen LogP contribution in [0.25, 0.3) is 0 Å². The first-order valence-electron chi connectivity index (χ1n) is 7.13. The van der Waals surface area contributed by atoms with Crippen LogP contribution >= 0.6 is 0 Å².